The highest BCUT2D eigenvalue weighted by Crippen LogP contribution is 2.03. The third-order valence-corrected chi connectivity index (χ3v) is 6.65. The van der Waals surface area contributed by atoms with Crippen LogP contribution in [-0.4, -0.2) is 169 Å². The lowest BCUT2D eigenvalue weighted by molar-refractivity contribution is -0.140. The summed E-state index contributed by atoms with van der Waals surface area (Å²) in [5.41, 5.74) is 0. The van der Waals surface area contributed by atoms with E-state index in [1.54, 1.807) is 14.7 Å². The molecule has 15 nitrogen and oxygen atoms in total. The topological polar surface area (TPSA) is 192 Å². The van der Waals surface area contributed by atoms with Gasteiger partial charge in [-0.25, -0.2) is 0 Å². The molecule has 1 heterocycles. The number of nitrogens with one attached hydrogen (secondary N) is 2. The molecule has 0 aromatic rings. The second-order valence-electron chi connectivity index (χ2n) is 10.0. The molecule has 1 saturated heterocycles. The molecule has 41 heavy (non-hydrogen) atoms. The van der Waals surface area contributed by atoms with E-state index in [2.05, 4.69) is 17.6 Å². The zero-order chi connectivity index (χ0) is 30.5. The van der Waals surface area contributed by atoms with E-state index >= 15 is 0 Å². The number of carbonyl (C=O) groups is 5. The minimum absolute atomic E-state index is 0.0675. The van der Waals surface area contributed by atoms with Crippen LogP contribution in [0.1, 0.15) is 32.6 Å². The molecule has 1 amide bonds. The van der Waals surface area contributed by atoms with Crippen LogP contribution in [0.15, 0.2) is 0 Å². The average Bonchev–Trinajstić information content (AvgIpc) is 2.90. The fraction of sp³-hybridized carbons (Fsp3) is 0.808. The number of aliphatic carboxylic acids is 3. The predicted molar refractivity (Wildman–Crippen MR) is 150 cm³/mol. The Balaban J connectivity index is 2.73. The zero-order valence-corrected chi connectivity index (χ0v) is 24.2. The number of unbranched alkanes of at least 4 members (excludes halogenated alkanes) is 2. The van der Waals surface area contributed by atoms with Gasteiger partial charge in [0.2, 0.25) is 5.91 Å². The lowest BCUT2D eigenvalue weighted by atomic mass is 10.2. The quantitative estimate of drug-likeness (QED) is 0.0846. The molecule has 236 valence electrons. The van der Waals surface area contributed by atoms with Crippen LogP contribution in [0.2, 0.25) is 0 Å². The fourth-order valence-electron chi connectivity index (χ4n) is 4.38. The summed E-state index contributed by atoms with van der Waals surface area (Å²) in [6.45, 7) is 5.34. The molecule has 0 saturated carbocycles. The Kier molecular flexibility index (Phi) is 19.5. The van der Waals surface area contributed by atoms with E-state index in [-0.39, 0.29) is 45.2 Å². The van der Waals surface area contributed by atoms with Gasteiger partial charge < -0.3 is 30.2 Å². The van der Waals surface area contributed by atoms with E-state index in [0.29, 0.717) is 65.4 Å². The summed E-state index contributed by atoms with van der Waals surface area (Å²) in [7, 11) is 0. The van der Waals surface area contributed by atoms with Gasteiger partial charge >= 0.3 is 17.9 Å². The van der Waals surface area contributed by atoms with Gasteiger partial charge in [-0.05, 0) is 6.42 Å². The highest BCUT2D eigenvalue weighted by Gasteiger charge is 2.23. The summed E-state index contributed by atoms with van der Waals surface area (Å²) in [5, 5.41) is 33.9. The summed E-state index contributed by atoms with van der Waals surface area (Å²) >= 11 is 0. The first-order chi connectivity index (χ1) is 19.6. The Labute approximate surface area is 241 Å². The van der Waals surface area contributed by atoms with Crippen molar-refractivity contribution in [1.82, 2.24) is 30.2 Å². The Morgan fingerprint density at radius 2 is 1.24 bits per heavy atom. The minimum Gasteiger partial charge on any atom is -0.480 e. The molecule has 0 spiro atoms. The molecule has 1 aliphatic rings. The van der Waals surface area contributed by atoms with Gasteiger partial charge in [0.15, 0.2) is 6.29 Å². The van der Waals surface area contributed by atoms with Gasteiger partial charge in [0.25, 0.3) is 0 Å². The van der Waals surface area contributed by atoms with Crippen molar-refractivity contribution in [2.24, 2.45) is 0 Å². The van der Waals surface area contributed by atoms with Crippen LogP contribution >= 0.6 is 0 Å². The maximum Gasteiger partial charge on any atom is 0.317 e. The molecule has 0 aromatic carbocycles. The summed E-state index contributed by atoms with van der Waals surface area (Å²) in [6.07, 6.45) is 3.37. The Morgan fingerprint density at radius 3 is 1.68 bits per heavy atom. The third-order valence-electron chi connectivity index (χ3n) is 6.65. The molecule has 1 aliphatic heterocycles. The SMILES string of the molecule is CCCCCNC(=O)CCOCCNC(C=O)N1CCN(CC(=O)O)CCN(CC(=O)O)CCN(CC(=O)O)CC1. The van der Waals surface area contributed by atoms with Gasteiger partial charge in [-0.3, -0.25) is 44.1 Å². The van der Waals surface area contributed by atoms with E-state index in [4.69, 9.17) is 4.74 Å². The lowest BCUT2D eigenvalue weighted by Gasteiger charge is -2.35. The smallest absolute Gasteiger partial charge is 0.317 e. The largest absolute Gasteiger partial charge is 0.480 e. The second kappa shape index (κ2) is 22.0. The van der Waals surface area contributed by atoms with Crippen molar-refractivity contribution in [2.75, 3.05) is 98.3 Å². The first-order valence-electron chi connectivity index (χ1n) is 14.2. The van der Waals surface area contributed by atoms with Crippen molar-refractivity contribution < 1.29 is 44.0 Å². The van der Waals surface area contributed by atoms with E-state index in [9.17, 15) is 39.3 Å². The number of carboxylic acids is 3. The number of nitrogens with zero attached hydrogens (tertiary/aromatic N) is 4. The zero-order valence-electron chi connectivity index (χ0n) is 24.2. The van der Waals surface area contributed by atoms with Crippen molar-refractivity contribution in [3.63, 3.8) is 0 Å². The molecule has 1 rings (SSSR count). The minimum atomic E-state index is -1.02. The second-order valence-corrected chi connectivity index (χ2v) is 10.0. The van der Waals surface area contributed by atoms with Gasteiger partial charge in [-0.2, -0.15) is 0 Å². The molecular formula is C26H48N6O9. The first kappa shape index (κ1) is 36.3. The molecule has 1 atom stereocenters. The summed E-state index contributed by atoms with van der Waals surface area (Å²) in [5.74, 6) is -3.12. The number of amides is 1. The number of aldehydes is 1. The molecule has 5 N–H and O–H groups in total. The van der Waals surface area contributed by atoms with E-state index in [0.717, 1.165) is 25.5 Å². The van der Waals surface area contributed by atoms with Crippen molar-refractivity contribution >= 4 is 30.1 Å². The van der Waals surface area contributed by atoms with Crippen LogP contribution < -0.4 is 10.6 Å². The summed E-state index contributed by atoms with van der Waals surface area (Å²) < 4.78 is 5.53. The van der Waals surface area contributed by atoms with Crippen LogP contribution in [-0.2, 0) is 28.7 Å². The van der Waals surface area contributed by atoms with Crippen LogP contribution in [0.4, 0.5) is 0 Å². The molecule has 0 bridgehead atoms. The van der Waals surface area contributed by atoms with Crippen molar-refractivity contribution in [3.8, 4) is 0 Å². The van der Waals surface area contributed by atoms with Crippen molar-refractivity contribution in [2.45, 2.75) is 38.8 Å². The van der Waals surface area contributed by atoms with Gasteiger partial charge in [-0.15, -0.1) is 0 Å². The number of carboxylic acid groups (broad SMARTS) is 3. The fourth-order valence-corrected chi connectivity index (χ4v) is 4.38. The maximum atomic E-state index is 12.0. The summed E-state index contributed by atoms with van der Waals surface area (Å²) in [4.78, 5) is 64.9. The molecule has 0 aromatic heterocycles. The van der Waals surface area contributed by atoms with E-state index in [1.807, 2.05) is 4.90 Å². The van der Waals surface area contributed by atoms with E-state index < -0.39 is 24.1 Å². The van der Waals surface area contributed by atoms with Crippen LogP contribution in [0.3, 0.4) is 0 Å². The third kappa shape index (κ3) is 18.4. The predicted octanol–water partition coefficient (Wildman–Crippen LogP) is -1.71. The Morgan fingerprint density at radius 1 is 0.756 bits per heavy atom. The number of ether oxygens (including phenoxy) is 1. The van der Waals surface area contributed by atoms with Crippen LogP contribution in [0.25, 0.3) is 0 Å². The molecular weight excluding hydrogens is 540 g/mol. The van der Waals surface area contributed by atoms with Crippen LogP contribution in [0.5, 0.6) is 0 Å². The van der Waals surface area contributed by atoms with Crippen LogP contribution in [0, 0.1) is 0 Å². The molecule has 1 unspecified atom stereocenters. The average molecular weight is 589 g/mol. The number of rotatable bonds is 19. The van der Waals surface area contributed by atoms with Gasteiger partial charge in [-0.1, -0.05) is 19.8 Å². The molecule has 1 fully saturated rings. The number of hydrogen-bond donors (Lipinski definition) is 5. The van der Waals surface area contributed by atoms with Gasteiger partial charge in [0, 0.05) is 71.9 Å². The van der Waals surface area contributed by atoms with E-state index in [1.165, 1.54) is 0 Å². The molecule has 15 heteroatoms. The molecule has 0 radical (unpaired) electrons. The lowest BCUT2D eigenvalue weighted by Crippen LogP contribution is -2.54. The monoisotopic (exact) mass is 588 g/mol. The summed E-state index contributed by atoms with van der Waals surface area (Å²) in [6, 6.07) is 0. The highest BCUT2D eigenvalue weighted by atomic mass is 16.5. The number of hydrogen-bond acceptors (Lipinski definition) is 11. The Hall–Kier alpha value is -2.69. The maximum absolute atomic E-state index is 12.0. The standard InChI is InChI=1S/C26H48N6O9/c1-2-3-4-6-28-23(34)5-16-41-17-7-27-22(21-33)32-14-12-30(19-25(37)38)10-8-29(18-24(35)36)9-11-31(13-15-32)20-26(39)40/h21-22,27H,2-20H2,1H3,(H,28,34)(H,35,36)(H,37,38)(H,39,40). The van der Waals surface area contributed by atoms with Gasteiger partial charge in [0.05, 0.1) is 32.8 Å². The number of carbonyl (C=O) groups excluding carboxylic acids is 2. The van der Waals surface area contributed by atoms with Gasteiger partial charge in [0.1, 0.15) is 6.17 Å². The molecule has 0 aliphatic carbocycles. The first-order valence-corrected chi connectivity index (χ1v) is 14.2. The highest BCUT2D eigenvalue weighted by molar-refractivity contribution is 5.75. The Bertz CT molecular complexity index is 771. The van der Waals surface area contributed by atoms with Crippen molar-refractivity contribution in [3.05, 3.63) is 0 Å². The normalized spacial score (nSPS) is 17.7. The van der Waals surface area contributed by atoms with Crippen molar-refractivity contribution in [1.29, 1.82) is 0 Å².